The van der Waals surface area contributed by atoms with Gasteiger partial charge in [-0.1, -0.05) is 19.1 Å². The molecule has 1 fully saturated rings. The minimum atomic E-state index is -0.899. The molecule has 1 unspecified atom stereocenters. The first kappa shape index (κ1) is 21.0. The second-order valence-electron chi connectivity index (χ2n) is 9.66. The maximum absolute atomic E-state index is 10.9. The van der Waals surface area contributed by atoms with Crippen LogP contribution in [0.5, 0.6) is 0 Å². The molecule has 1 aliphatic heterocycles. The minimum absolute atomic E-state index is 0.323. The number of fused-ring (bicyclic) bond motifs is 3. The van der Waals surface area contributed by atoms with Crippen LogP contribution in [0.2, 0.25) is 0 Å². The summed E-state index contributed by atoms with van der Waals surface area (Å²) in [6.07, 6.45) is 6.11. The van der Waals surface area contributed by atoms with E-state index in [4.69, 9.17) is 0 Å². The number of nitrogens with one attached hydrogen (secondary N) is 3. The Hall–Kier alpha value is -3.54. The molecule has 8 heteroatoms. The van der Waals surface area contributed by atoms with E-state index in [9.17, 15) is 10.4 Å². The summed E-state index contributed by atoms with van der Waals surface area (Å²) in [5, 5.41) is 30.5. The first-order valence-corrected chi connectivity index (χ1v) is 11.9. The maximum Gasteiger partial charge on any atom is 0.229 e. The van der Waals surface area contributed by atoms with Crippen LogP contribution in [0.15, 0.2) is 36.5 Å². The Bertz CT molecular complexity index is 1330. The number of aryl methyl sites for hydroxylation is 1. The van der Waals surface area contributed by atoms with E-state index < -0.39 is 5.60 Å². The maximum atomic E-state index is 10.9. The van der Waals surface area contributed by atoms with E-state index in [0.717, 1.165) is 30.8 Å². The van der Waals surface area contributed by atoms with Crippen molar-refractivity contribution in [3.63, 3.8) is 0 Å². The van der Waals surface area contributed by atoms with E-state index in [2.05, 4.69) is 55.2 Å². The van der Waals surface area contributed by atoms with Crippen molar-refractivity contribution in [3.05, 3.63) is 64.5 Å². The molecular weight excluding hydrogens is 426 g/mol. The lowest BCUT2D eigenvalue weighted by molar-refractivity contribution is 0.0307. The van der Waals surface area contributed by atoms with Crippen LogP contribution >= 0.6 is 0 Å². The molecule has 0 bridgehead atoms. The highest BCUT2D eigenvalue weighted by atomic mass is 16.3. The zero-order valence-corrected chi connectivity index (χ0v) is 19.1. The van der Waals surface area contributed by atoms with Crippen molar-refractivity contribution in [1.82, 2.24) is 20.3 Å². The second-order valence-corrected chi connectivity index (χ2v) is 9.66. The van der Waals surface area contributed by atoms with Gasteiger partial charge in [-0.25, -0.2) is 9.97 Å². The molecule has 8 nitrogen and oxygen atoms in total. The zero-order valence-electron chi connectivity index (χ0n) is 19.1. The number of hydrogen-bond donors (Lipinski definition) is 4. The number of benzene rings is 1. The summed E-state index contributed by atoms with van der Waals surface area (Å²) in [5.41, 5.74) is 5.21. The Morgan fingerprint density at radius 2 is 2.00 bits per heavy atom. The van der Waals surface area contributed by atoms with Crippen LogP contribution in [0.4, 0.5) is 23.3 Å². The van der Waals surface area contributed by atoms with Gasteiger partial charge in [-0.05, 0) is 67.0 Å². The van der Waals surface area contributed by atoms with Crippen molar-refractivity contribution in [2.75, 3.05) is 17.2 Å². The average Bonchev–Trinajstić information content (AvgIpc) is 3.55. The third-order valence-corrected chi connectivity index (χ3v) is 7.53. The van der Waals surface area contributed by atoms with E-state index >= 15 is 0 Å². The molecule has 4 N–H and O–H groups in total. The van der Waals surface area contributed by atoms with Gasteiger partial charge in [0.05, 0.1) is 11.9 Å². The highest BCUT2D eigenvalue weighted by Crippen LogP contribution is 2.50. The number of nitriles is 1. The minimum Gasteiger partial charge on any atom is -0.384 e. The number of aliphatic hydroxyl groups is 1. The lowest BCUT2D eigenvalue weighted by Crippen LogP contribution is -2.33. The predicted molar refractivity (Wildman–Crippen MR) is 129 cm³/mol. The van der Waals surface area contributed by atoms with Gasteiger partial charge < -0.3 is 21.1 Å². The SMILES string of the molecule is CCC1(O)CCc2ccc(Nc3nc(Nc4ccc5c(c4)CNCC54CC4)ncc3C#N)nc21. The highest BCUT2D eigenvalue weighted by molar-refractivity contribution is 5.64. The summed E-state index contributed by atoms with van der Waals surface area (Å²) < 4.78 is 0. The van der Waals surface area contributed by atoms with E-state index in [-0.39, 0.29) is 0 Å². The lowest BCUT2D eigenvalue weighted by Gasteiger charge is -2.26. The number of hydrogen-bond acceptors (Lipinski definition) is 8. The molecule has 1 saturated carbocycles. The number of pyridine rings is 1. The molecular formula is C26H27N7O. The Morgan fingerprint density at radius 3 is 2.79 bits per heavy atom. The molecule has 1 aromatic carbocycles. The monoisotopic (exact) mass is 453 g/mol. The van der Waals surface area contributed by atoms with Crippen molar-refractivity contribution in [2.24, 2.45) is 0 Å². The molecule has 6 rings (SSSR count). The Morgan fingerprint density at radius 1 is 1.12 bits per heavy atom. The fraction of sp³-hybridized carbons (Fsp3) is 0.385. The molecule has 0 saturated heterocycles. The van der Waals surface area contributed by atoms with Crippen molar-refractivity contribution >= 4 is 23.3 Å². The molecule has 0 amide bonds. The van der Waals surface area contributed by atoms with Gasteiger partial charge in [-0.2, -0.15) is 10.2 Å². The van der Waals surface area contributed by atoms with Gasteiger partial charge in [0.15, 0.2) is 5.82 Å². The molecule has 172 valence electrons. The van der Waals surface area contributed by atoms with Gasteiger partial charge in [0.25, 0.3) is 0 Å². The van der Waals surface area contributed by atoms with Crippen molar-refractivity contribution < 1.29 is 5.11 Å². The van der Waals surface area contributed by atoms with Crippen LogP contribution in [-0.4, -0.2) is 26.6 Å². The molecule has 3 heterocycles. The summed E-state index contributed by atoms with van der Waals surface area (Å²) in [4.78, 5) is 13.6. The third kappa shape index (κ3) is 3.49. The van der Waals surface area contributed by atoms with E-state index in [1.54, 1.807) is 0 Å². The van der Waals surface area contributed by atoms with Crippen LogP contribution < -0.4 is 16.0 Å². The summed E-state index contributed by atoms with van der Waals surface area (Å²) in [5.74, 6) is 1.32. The van der Waals surface area contributed by atoms with Gasteiger partial charge in [0.2, 0.25) is 5.95 Å². The summed E-state index contributed by atoms with van der Waals surface area (Å²) in [7, 11) is 0. The fourth-order valence-electron chi connectivity index (χ4n) is 5.30. The molecule has 3 aromatic rings. The van der Waals surface area contributed by atoms with Gasteiger partial charge >= 0.3 is 0 Å². The highest BCUT2D eigenvalue weighted by Gasteiger charge is 2.46. The number of nitrogens with zero attached hydrogens (tertiary/aromatic N) is 4. The predicted octanol–water partition coefficient (Wildman–Crippen LogP) is 3.91. The zero-order chi connectivity index (χ0) is 23.3. The second kappa shape index (κ2) is 7.76. The van der Waals surface area contributed by atoms with Crippen LogP contribution in [0, 0.1) is 11.3 Å². The Labute approximate surface area is 198 Å². The van der Waals surface area contributed by atoms with Gasteiger partial charge in [0.1, 0.15) is 23.1 Å². The van der Waals surface area contributed by atoms with Crippen molar-refractivity contribution in [2.45, 2.75) is 56.6 Å². The Balaban J connectivity index is 1.27. The number of anilines is 4. The van der Waals surface area contributed by atoms with E-state index in [0.29, 0.717) is 47.1 Å². The van der Waals surface area contributed by atoms with Crippen LogP contribution in [0.3, 0.4) is 0 Å². The molecule has 0 radical (unpaired) electrons. The summed E-state index contributed by atoms with van der Waals surface area (Å²) in [6, 6.07) is 12.4. The van der Waals surface area contributed by atoms with E-state index in [1.165, 1.54) is 30.2 Å². The largest absolute Gasteiger partial charge is 0.384 e. The smallest absolute Gasteiger partial charge is 0.229 e. The van der Waals surface area contributed by atoms with Crippen molar-refractivity contribution in [3.8, 4) is 6.07 Å². The third-order valence-electron chi connectivity index (χ3n) is 7.53. The average molecular weight is 454 g/mol. The van der Waals surface area contributed by atoms with Gasteiger partial charge in [-0.15, -0.1) is 0 Å². The first-order chi connectivity index (χ1) is 16.5. The van der Waals surface area contributed by atoms with Crippen LogP contribution in [0.25, 0.3) is 0 Å². The number of rotatable bonds is 5. The first-order valence-electron chi connectivity index (χ1n) is 11.9. The fourth-order valence-corrected chi connectivity index (χ4v) is 5.30. The summed E-state index contributed by atoms with van der Waals surface area (Å²) >= 11 is 0. The standard InChI is InChI=1S/C26H27N7O/c1-2-26(34)8-7-16-3-6-21(31-22(16)26)32-23-18(12-27)14-29-24(33-23)30-19-4-5-20-17(11-19)13-28-15-25(20)9-10-25/h3-6,11,14,28,34H,2,7-10,13,15H2,1H3,(H2,29,30,31,32,33). The lowest BCUT2D eigenvalue weighted by atomic mass is 9.88. The normalized spacial score (nSPS) is 21.4. The van der Waals surface area contributed by atoms with Crippen LogP contribution in [-0.2, 0) is 24.0 Å². The van der Waals surface area contributed by atoms with Gasteiger partial charge in [0, 0.05) is 24.2 Å². The molecule has 1 spiro atoms. The van der Waals surface area contributed by atoms with E-state index in [1.807, 2.05) is 19.1 Å². The molecule has 34 heavy (non-hydrogen) atoms. The number of aromatic nitrogens is 3. The van der Waals surface area contributed by atoms with Crippen molar-refractivity contribution in [1.29, 1.82) is 5.26 Å². The summed E-state index contributed by atoms with van der Waals surface area (Å²) in [6.45, 7) is 3.89. The molecule has 1 atom stereocenters. The quantitative estimate of drug-likeness (QED) is 0.459. The molecule has 2 aromatic heterocycles. The van der Waals surface area contributed by atoms with Gasteiger partial charge in [-0.3, -0.25) is 0 Å². The van der Waals surface area contributed by atoms with Crippen LogP contribution in [0.1, 0.15) is 60.6 Å². The Kier molecular flexibility index (Phi) is 4.80. The molecule has 3 aliphatic rings. The molecule has 2 aliphatic carbocycles. The topological polar surface area (TPSA) is 119 Å².